The summed E-state index contributed by atoms with van der Waals surface area (Å²) in [5.74, 6) is -1.04. The van der Waals surface area contributed by atoms with Gasteiger partial charge in [0.05, 0.1) is 0 Å². The van der Waals surface area contributed by atoms with Crippen molar-refractivity contribution < 1.29 is 23.5 Å². The van der Waals surface area contributed by atoms with Gasteiger partial charge in [0.15, 0.2) is 0 Å². The van der Waals surface area contributed by atoms with Crippen LogP contribution in [0.4, 0.5) is 4.39 Å². The molecule has 146 valence electrons. The number of nitrogens with one attached hydrogen (secondary N) is 1. The molecule has 0 unspecified atom stereocenters. The highest BCUT2D eigenvalue weighted by Crippen LogP contribution is 2.18. The molecule has 1 fully saturated rings. The lowest BCUT2D eigenvalue weighted by molar-refractivity contribution is -0.131. The zero-order chi connectivity index (χ0) is 20.1. The van der Waals surface area contributed by atoms with Crippen LogP contribution in [0.25, 0.3) is 0 Å². The largest absolute Gasteiger partial charge is 0.427 e. The summed E-state index contributed by atoms with van der Waals surface area (Å²) in [6.07, 6.45) is 1.22. The van der Waals surface area contributed by atoms with Gasteiger partial charge in [-0.2, -0.15) is 0 Å². The molecule has 0 aliphatic carbocycles. The van der Waals surface area contributed by atoms with Crippen molar-refractivity contribution in [2.24, 2.45) is 0 Å². The van der Waals surface area contributed by atoms with Gasteiger partial charge in [0, 0.05) is 37.2 Å². The zero-order valence-corrected chi connectivity index (χ0v) is 15.5. The lowest BCUT2D eigenvalue weighted by atomic mass is 10.0. The predicted molar refractivity (Wildman–Crippen MR) is 101 cm³/mol. The topological polar surface area (TPSA) is 75.7 Å². The van der Waals surface area contributed by atoms with Gasteiger partial charge in [0.1, 0.15) is 11.6 Å². The number of halogens is 1. The maximum Gasteiger partial charge on any atom is 0.308 e. The smallest absolute Gasteiger partial charge is 0.308 e. The number of likely N-dealkylation sites (tertiary alicyclic amines) is 1. The molecule has 1 N–H and O–H groups in total. The fourth-order valence-electron chi connectivity index (χ4n) is 3.17. The number of nitrogens with zero attached hydrogens (tertiary/aromatic N) is 1. The van der Waals surface area contributed by atoms with Crippen molar-refractivity contribution in [3.8, 4) is 5.75 Å². The third-order valence-electron chi connectivity index (χ3n) is 4.55. The molecule has 1 saturated heterocycles. The fraction of sp³-hybridized carbons (Fsp3) is 0.286. The Labute approximate surface area is 162 Å². The van der Waals surface area contributed by atoms with E-state index in [0.29, 0.717) is 37.2 Å². The summed E-state index contributed by atoms with van der Waals surface area (Å²) in [6, 6.07) is 12.0. The number of amides is 2. The molecule has 0 atom stereocenters. The molecule has 1 heterocycles. The Hall–Kier alpha value is -3.22. The first-order valence-electron chi connectivity index (χ1n) is 9.06. The lowest BCUT2D eigenvalue weighted by Gasteiger charge is -2.32. The van der Waals surface area contributed by atoms with Crippen molar-refractivity contribution >= 4 is 17.8 Å². The van der Waals surface area contributed by atoms with E-state index in [-0.39, 0.29) is 23.4 Å². The molecule has 6 nitrogen and oxygen atoms in total. The number of rotatable bonds is 4. The number of hydrogen-bond acceptors (Lipinski definition) is 4. The van der Waals surface area contributed by atoms with Gasteiger partial charge in [-0.1, -0.05) is 12.1 Å². The second kappa shape index (κ2) is 8.65. The average Bonchev–Trinajstić information content (AvgIpc) is 2.68. The van der Waals surface area contributed by atoms with Crippen LogP contribution >= 0.6 is 0 Å². The molecule has 0 bridgehead atoms. The second-order valence-electron chi connectivity index (χ2n) is 6.67. The highest BCUT2D eigenvalue weighted by atomic mass is 19.1. The van der Waals surface area contributed by atoms with E-state index in [2.05, 4.69) is 5.32 Å². The minimum Gasteiger partial charge on any atom is -0.427 e. The maximum absolute atomic E-state index is 13.3. The lowest BCUT2D eigenvalue weighted by Crippen LogP contribution is -2.46. The van der Waals surface area contributed by atoms with E-state index < -0.39 is 11.8 Å². The molecule has 0 spiro atoms. The molecule has 0 aromatic heterocycles. The fourth-order valence-corrected chi connectivity index (χ4v) is 3.17. The summed E-state index contributed by atoms with van der Waals surface area (Å²) in [5.41, 5.74) is 0.724. The van der Waals surface area contributed by atoms with Gasteiger partial charge in [-0.25, -0.2) is 4.39 Å². The summed E-state index contributed by atoms with van der Waals surface area (Å²) in [4.78, 5) is 37.7. The van der Waals surface area contributed by atoms with Crippen molar-refractivity contribution in [2.45, 2.75) is 25.8 Å². The van der Waals surface area contributed by atoms with E-state index in [4.69, 9.17) is 4.74 Å². The number of hydrogen-bond donors (Lipinski definition) is 1. The van der Waals surface area contributed by atoms with Crippen LogP contribution in [-0.4, -0.2) is 41.8 Å². The Kier molecular flexibility index (Phi) is 6.03. The van der Waals surface area contributed by atoms with E-state index in [9.17, 15) is 18.8 Å². The van der Waals surface area contributed by atoms with Crippen LogP contribution in [0.2, 0.25) is 0 Å². The molecule has 2 aromatic rings. The molecule has 2 aromatic carbocycles. The third-order valence-corrected chi connectivity index (χ3v) is 4.55. The van der Waals surface area contributed by atoms with Crippen molar-refractivity contribution in [1.82, 2.24) is 10.2 Å². The van der Waals surface area contributed by atoms with Gasteiger partial charge in [0.2, 0.25) is 0 Å². The third kappa shape index (κ3) is 4.94. The molecule has 0 saturated carbocycles. The van der Waals surface area contributed by atoms with E-state index in [1.54, 1.807) is 35.2 Å². The highest BCUT2D eigenvalue weighted by Gasteiger charge is 2.25. The second-order valence-corrected chi connectivity index (χ2v) is 6.67. The highest BCUT2D eigenvalue weighted by molar-refractivity contribution is 5.95. The summed E-state index contributed by atoms with van der Waals surface area (Å²) >= 11 is 0. The minimum absolute atomic E-state index is 0.0767. The van der Waals surface area contributed by atoms with E-state index in [1.165, 1.54) is 25.1 Å². The summed E-state index contributed by atoms with van der Waals surface area (Å²) in [5, 5.41) is 2.89. The van der Waals surface area contributed by atoms with Crippen LogP contribution in [0.3, 0.4) is 0 Å². The van der Waals surface area contributed by atoms with E-state index >= 15 is 0 Å². The van der Waals surface area contributed by atoms with Gasteiger partial charge >= 0.3 is 5.97 Å². The Morgan fingerprint density at radius 3 is 2.39 bits per heavy atom. The number of carbonyl (C=O) groups is 3. The van der Waals surface area contributed by atoms with E-state index in [0.717, 1.165) is 0 Å². The Morgan fingerprint density at radius 1 is 1.04 bits per heavy atom. The zero-order valence-electron chi connectivity index (χ0n) is 15.5. The van der Waals surface area contributed by atoms with Crippen molar-refractivity contribution in [1.29, 1.82) is 0 Å². The van der Waals surface area contributed by atoms with Crippen LogP contribution < -0.4 is 10.1 Å². The van der Waals surface area contributed by atoms with Crippen LogP contribution in [0.1, 0.15) is 40.5 Å². The van der Waals surface area contributed by atoms with Gasteiger partial charge in [-0.05, 0) is 49.2 Å². The van der Waals surface area contributed by atoms with Crippen molar-refractivity contribution in [3.63, 3.8) is 0 Å². The first-order chi connectivity index (χ1) is 13.4. The molecule has 1 aliphatic heterocycles. The molecule has 0 radical (unpaired) electrons. The number of benzene rings is 2. The van der Waals surface area contributed by atoms with Crippen LogP contribution in [0.15, 0.2) is 48.5 Å². The summed E-state index contributed by atoms with van der Waals surface area (Å²) < 4.78 is 18.3. The molecular formula is C21H21FN2O4. The normalized spacial score (nSPS) is 14.4. The monoisotopic (exact) mass is 384 g/mol. The van der Waals surface area contributed by atoms with Gasteiger partial charge in [0.25, 0.3) is 11.8 Å². The minimum atomic E-state index is -0.455. The number of piperidine rings is 1. The summed E-state index contributed by atoms with van der Waals surface area (Å²) in [7, 11) is 0. The Bertz CT molecular complexity index is 891. The molecular weight excluding hydrogens is 363 g/mol. The van der Waals surface area contributed by atoms with Crippen LogP contribution in [-0.2, 0) is 4.79 Å². The quantitative estimate of drug-likeness (QED) is 0.650. The Morgan fingerprint density at radius 2 is 1.71 bits per heavy atom. The van der Waals surface area contributed by atoms with Crippen molar-refractivity contribution in [3.05, 3.63) is 65.5 Å². The number of ether oxygens (including phenoxy) is 1. The Balaban J connectivity index is 1.55. The van der Waals surface area contributed by atoms with Crippen molar-refractivity contribution in [2.75, 3.05) is 13.1 Å². The molecule has 2 amide bonds. The van der Waals surface area contributed by atoms with Crippen LogP contribution in [0, 0.1) is 5.82 Å². The maximum atomic E-state index is 13.3. The molecule has 1 aliphatic rings. The first-order valence-corrected chi connectivity index (χ1v) is 9.06. The van der Waals surface area contributed by atoms with E-state index in [1.807, 2.05) is 0 Å². The first kappa shape index (κ1) is 19.5. The number of carbonyl (C=O) groups excluding carboxylic acids is 3. The van der Waals surface area contributed by atoms with Gasteiger partial charge in [-0.15, -0.1) is 0 Å². The standard InChI is InChI=1S/C21H21FN2O4/c1-14(25)28-19-7-3-5-16(13-19)21(27)24-10-8-18(9-11-24)23-20(26)15-4-2-6-17(22)12-15/h2-7,12-13,18H,8-11H2,1H3,(H,23,26). The summed E-state index contributed by atoms with van der Waals surface area (Å²) in [6.45, 7) is 2.28. The average molecular weight is 384 g/mol. The molecule has 28 heavy (non-hydrogen) atoms. The molecule has 7 heteroatoms. The number of esters is 1. The SMILES string of the molecule is CC(=O)Oc1cccc(C(=O)N2CCC(NC(=O)c3cccc(F)c3)CC2)c1. The van der Waals surface area contributed by atoms with Gasteiger partial charge in [-0.3, -0.25) is 14.4 Å². The predicted octanol–water partition coefficient (Wildman–Crippen LogP) is 2.79. The van der Waals surface area contributed by atoms with Gasteiger partial charge < -0.3 is 15.0 Å². The van der Waals surface area contributed by atoms with Crippen LogP contribution in [0.5, 0.6) is 5.75 Å². The molecule has 3 rings (SSSR count).